The van der Waals surface area contributed by atoms with Crippen molar-refractivity contribution in [3.8, 4) is 11.5 Å². The van der Waals surface area contributed by atoms with Crippen molar-refractivity contribution in [1.82, 2.24) is 5.32 Å². The maximum absolute atomic E-state index is 12.7. The number of alkyl halides is 3. The molecule has 2 aromatic carbocycles. The summed E-state index contributed by atoms with van der Waals surface area (Å²) in [6.45, 7) is 0.437. The molecule has 0 unspecified atom stereocenters. The standard InChI is InChI=1S/C18H20F3N3O2.HI/c1-25-15-7-6-13(9-16(15)26-2)11-24-17(22)23-10-12-4-3-5-14(8-12)18(19,20)21;/h3-9H,10-11H2,1-2H3,(H3,22,23,24);1H. The fraction of sp³-hybridized carbons (Fsp3) is 0.278. The van der Waals surface area contributed by atoms with Crippen LogP contribution < -0.4 is 20.5 Å². The number of halogens is 4. The van der Waals surface area contributed by atoms with Crippen molar-refractivity contribution in [2.45, 2.75) is 19.3 Å². The van der Waals surface area contributed by atoms with Gasteiger partial charge in [-0.25, -0.2) is 4.99 Å². The summed E-state index contributed by atoms with van der Waals surface area (Å²) in [5.74, 6) is 1.34. The van der Waals surface area contributed by atoms with Crippen molar-refractivity contribution in [1.29, 1.82) is 0 Å². The molecule has 27 heavy (non-hydrogen) atoms. The van der Waals surface area contributed by atoms with Gasteiger partial charge in [-0.2, -0.15) is 13.2 Å². The van der Waals surface area contributed by atoms with Gasteiger partial charge in [0.05, 0.1) is 26.3 Å². The normalized spacial score (nSPS) is 11.5. The molecule has 0 saturated heterocycles. The van der Waals surface area contributed by atoms with E-state index in [1.165, 1.54) is 6.07 Å². The molecule has 0 radical (unpaired) electrons. The maximum Gasteiger partial charge on any atom is 0.416 e. The Labute approximate surface area is 172 Å². The zero-order chi connectivity index (χ0) is 19.2. The van der Waals surface area contributed by atoms with Gasteiger partial charge >= 0.3 is 6.18 Å². The minimum absolute atomic E-state index is 0. The number of ether oxygens (including phenoxy) is 2. The van der Waals surface area contributed by atoms with Gasteiger partial charge in [-0.05, 0) is 35.4 Å². The maximum atomic E-state index is 12.7. The lowest BCUT2D eigenvalue weighted by atomic mass is 10.1. The van der Waals surface area contributed by atoms with Gasteiger partial charge in [0, 0.05) is 6.54 Å². The Hall–Kier alpha value is -2.17. The van der Waals surface area contributed by atoms with Crippen LogP contribution in [0.5, 0.6) is 11.5 Å². The molecule has 0 aromatic heterocycles. The second-order valence-electron chi connectivity index (χ2n) is 5.44. The quantitative estimate of drug-likeness (QED) is 0.362. The van der Waals surface area contributed by atoms with E-state index in [4.69, 9.17) is 15.2 Å². The summed E-state index contributed by atoms with van der Waals surface area (Å²) in [6, 6.07) is 10.4. The molecule has 0 fully saturated rings. The molecular formula is C18H21F3IN3O2. The summed E-state index contributed by atoms with van der Waals surface area (Å²) >= 11 is 0. The smallest absolute Gasteiger partial charge is 0.416 e. The molecule has 9 heteroatoms. The number of hydrogen-bond acceptors (Lipinski definition) is 3. The largest absolute Gasteiger partial charge is 0.493 e. The van der Waals surface area contributed by atoms with Gasteiger partial charge in [-0.15, -0.1) is 24.0 Å². The minimum atomic E-state index is -4.38. The van der Waals surface area contributed by atoms with Crippen LogP contribution in [0.15, 0.2) is 47.5 Å². The topological polar surface area (TPSA) is 68.9 Å². The van der Waals surface area contributed by atoms with E-state index in [0.29, 0.717) is 23.6 Å². The molecule has 0 bridgehead atoms. The molecular weight excluding hydrogens is 474 g/mol. The summed E-state index contributed by atoms with van der Waals surface area (Å²) in [5.41, 5.74) is 6.39. The number of rotatable bonds is 6. The lowest BCUT2D eigenvalue weighted by Gasteiger charge is -2.11. The number of guanidine groups is 1. The molecule has 0 saturated carbocycles. The zero-order valence-corrected chi connectivity index (χ0v) is 17.2. The third-order valence-electron chi connectivity index (χ3n) is 3.61. The van der Waals surface area contributed by atoms with Crippen molar-refractivity contribution in [3.05, 3.63) is 59.2 Å². The van der Waals surface area contributed by atoms with Gasteiger partial charge in [-0.3, -0.25) is 0 Å². The zero-order valence-electron chi connectivity index (χ0n) is 14.8. The highest BCUT2D eigenvalue weighted by Crippen LogP contribution is 2.29. The van der Waals surface area contributed by atoms with Gasteiger partial charge in [0.15, 0.2) is 17.5 Å². The van der Waals surface area contributed by atoms with Crippen LogP contribution in [0.4, 0.5) is 13.2 Å². The first-order chi connectivity index (χ1) is 12.3. The van der Waals surface area contributed by atoms with Crippen molar-refractivity contribution >= 4 is 29.9 Å². The van der Waals surface area contributed by atoms with E-state index in [2.05, 4.69) is 10.3 Å². The molecule has 2 aromatic rings. The van der Waals surface area contributed by atoms with Crippen LogP contribution in [0.1, 0.15) is 16.7 Å². The van der Waals surface area contributed by atoms with Crippen LogP contribution in [0, 0.1) is 0 Å². The second kappa shape index (κ2) is 10.2. The predicted molar refractivity (Wildman–Crippen MR) is 109 cm³/mol. The lowest BCUT2D eigenvalue weighted by molar-refractivity contribution is -0.137. The monoisotopic (exact) mass is 495 g/mol. The molecule has 0 heterocycles. The van der Waals surface area contributed by atoms with Crippen LogP contribution in [-0.2, 0) is 19.3 Å². The van der Waals surface area contributed by atoms with Crippen LogP contribution >= 0.6 is 24.0 Å². The first-order valence-corrected chi connectivity index (χ1v) is 7.74. The minimum Gasteiger partial charge on any atom is -0.493 e. The number of hydrogen-bond donors (Lipinski definition) is 2. The summed E-state index contributed by atoms with van der Waals surface area (Å²) in [7, 11) is 3.09. The molecule has 0 amide bonds. The molecule has 0 aliphatic heterocycles. The van der Waals surface area contributed by atoms with Gasteiger partial charge in [0.1, 0.15) is 0 Å². The average molecular weight is 495 g/mol. The number of benzene rings is 2. The van der Waals surface area contributed by atoms with Crippen LogP contribution in [-0.4, -0.2) is 20.2 Å². The van der Waals surface area contributed by atoms with Crippen molar-refractivity contribution in [3.63, 3.8) is 0 Å². The number of nitrogens with zero attached hydrogens (tertiary/aromatic N) is 1. The molecule has 3 N–H and O–H groups in total. The first kappa shape index (κ1) is 22.9. The number of nitrogens with two attached hydrogens (primary N) is 1. The molecule has 5 nitrogen and oxygen atoms in total. The summed E-state index contributed by atoms with van der Waals surface area (Å²) < 4.78 is 48.5. The molecule has 0 aliphatic carbocycles. The third kappa shape index (κ3) is 6.81. The Balaban J connectivity index is 0.00000364. The highest BCUT2D eigenvalue weighted by molar-refractivity contribution is 14.0. The fourth-order valence-corrected chi connectivity index (χ4v) is 2.26. The molecule has 148 valence electrons. The fourth-order valence-electron chi connectivity index (χ4n) is 2.26. The number of methoxy groups -OCH3 is 2. The van der Waals surface area contributed by atoms with E-state index in [9.17, 15) is 13.2 Å². The Morgan fingerprint density at radius 1 is 1.04 bits per heavy atom. The van der Waals surface area contributed by atoms with Crippen molar-refractivity contribution in [2.75, 3.05) is 14.2 Å². The van der Waals surface area contributed by atoms with E-state index in [0.717, 1.165) is 17.7 Å². The Bertz CT molecular complexity index is 783. The summed E-state index contributed by atoms with van der Waals surface area (Å²) in [4.78, 5) is 4.07. The summed E-state index contributed by atoms with van der Waals surface area (Å²) in [5, 5.41) is 2.91. The van der Waals surface area contributed by atoms with Gasteiger partial charge in [-0.1, -0.05) is 18.2 Å². The number of aliphatic imine (C=N–C) groups is 1. The van der Waals surface area contributed by atoms with Crippen molar-refractivity contribution < 1.29 is 22.6 Å². The highest BCUT2D eigenvalue weighted by Gasteiger charge is 2.30. The third-order valence-corrected chi connectivity index (χ3v) is 3.61. The first-order valence-electron chi connectivity index (χ1n) is 7.74. The average Bonchev–Trinajstić information content (AvgIpc) is 2.64. The Morgan fingerprint density at radius 3 is 2.37 bits per heavy atom. The van der Waals surface area contributed by atoms with E-state index in [1.807, 2.05) is 6.07 Å². The van der Waals surface area contributed by atoms with Gasteiger partial charge in [0.2, 0.25) is 0 Å². The van der Waals surface area contributed by atoms with Crippen LogP contribution in [0.25, 0.3) is 0 Å². The second-order valence-corrected chi connectivity index (χ2v) is 5.44. The van der Waals surface area contributed by atoms with Gasteiger partial charge < -0.3 is 20.5 Å². The summed E-state index contributed by atoms with van der Waals surface area (Å²) in [6.07, 6.45) is -4.38. The predicted octanol–water partition coefficient (Wildman–Crippen LogP) is 3.95. The SMILES string of the molecule is COc1ccc(CNC(N)=NCc2cccc(C(F)(F)F)c2)cc1OC.I. The molecule has 0 aliphatic rings. The molecule has 0 spiro atoms. The Morgan fingerprint density at radius 2 is 1.74 bits per heavy atom. The lowest BCUT2D eigenvalue weighted by Crippen LogP contribution is -2.31. The van der Waals surface area contributed by atoms with Crippen LogP contribution in [0.3, 0.4) is 0 Å². The van der Waals surface area contributed by atoms with Crippen LogP contribution in [0.2, 0.25) is 0 Å². The van der Waals surface area contributed by atoms with E-state index in [1.54, 1.807) is 32.4 Å². The molecule has 2 rings (SSSR count). The Kier molecular flexibility index (Phi) is 8.67. The van der Waals surface area contributed by atoms with E-state index < -0.39 is 11.7 Å². The highest BCUT2D eigenvalue weighted by atomic mass is 127. The van der Waals surface area contributed by atoms with Gasteiger partial charge in [0.25, 0.3) is 0 Å². The number of nitrogens with one attached hydrogen (secondary N) is 1. The van der Waals surface area contributed by atoms with E-state index >= 15 is 0 Å². The van der Waals surface area contributed by atoms with E-state index in [-0.39, 0.29) is 36.5 Å². The van der Waals surface area contributed by atoms with Crippen molar-refractivity contribution in [2.24, 2.45) is 10.7 Å². The molecule has 0 atom stereocenters.